The Bertz CT molecular complexity index is 485. The van der Waals surface area contributed by atoms with E-state index in [2.05, 4.69) is 9.46 Å². The van der Waals surface area contributed by atoms with Gasteiger partial charge in [-0.05, 0) is 0 Å². The fraction of sp³-hybridized carbons (Fsp3) is 0.889. The summed E-state index contributed by atoms with van der Waals surface area (Å²) in [6.45, 7) is 1.26. The van der Waals surface area contributed by atoms with E-state index in [4.69, 9.17) is 0 Å². The number of hydrogen-bond donors (Lipinski definition) is 1. The molecule has 0 aliphatic rings. The zero-order chi connectivity index (χ0) is 15.1. The van der Waals surface area contributed by atoms with E-state index in [1.54, 1.807) is 0 Å². The first-order valence-electron chi connectivity index (χ1n) is 5.62. The molecular weight excluding hydrogens is 296 g/mol. The summed E-state index contributed by atoms with van der Waals surface area (Å²) < 4.78 is 53.2. The normalized spacial score (nSPS) is 12.6. The Morgan fingerprint density at radius 3 is 2.32 bits per heavy atom. The quantitative estimate of drug-likeness (QED) is 0.532. The number of methoxy groups -OCH3 is 1. The fourth-order valence-corrected chi connectivity index (χ4v) is 2.79. The molecule has 0 spiro atoms. The molecule has 10 heteroatoms. The predicted octanol–water partition coefficient (Wildman–Crippen LogP) is -1.25. The summed E-state index contributed by atoms with van der Waals surface area (Å²) in [7, 11) is -4.50. The van der Waals surface area contributed by atoms with E-state index in [9.17, 15) is 21.6 Å². The number of ether oxygens (including phenoxy) is 1. The highest BCUT2D eigenvalue weighted by Gasteiger charge is 2.19. The van der Waals surface area contributed by atoms with Crippen LogP contribution in [0.2, 0.25) is 0 Å². The van der Waals surface area contributed by atoms with Crippen molar-refractivity contribution in [2.45, 2.75) is 13.3 Å². The number of rotatable bonds is 9. The first-order chi connectivity index (χ1) is 8.64. The van der Waals surface area contributed by atoms with Crippen molar-refractivity contribution < 1.29 is 26.4 Å². The van der Waals surface area contributed by atoms with Crippen molar-refractivity contribution in [3.63, 3.8) is 0 Å². The van der Waals surface area contributed by atoms with Gasteiger partial charge in [0.1, 0.15) is 0 Å². The molecular formula is C9H20N2O6S2. The van der Waals surface area contributed by atoms with E-state index in [0.717, 1.165) is 4.31 Å². The molecule has 19 heavy (non-hydrogen) atoms. The number of carbonyl (C=O) groups is 1. The zero-order valence-corrected chi connectivity index (χ0v) is 12.9. The van der Waals surface area contributed by atoms with Crippen LogP contribution in [0.4, 0.5) is 0 Å². The average Bonchev–Trinajstić information content (AvgIpc) is 2.34. The lowest BCUT2D eigenvalue weighted by Crippen LogP contribution is -2.41. The van der Waals surface area contributed by atoms with Crippen molar-refractivity contribution in [3.05, 3.63) is 0 Å². The summed E-state index contributed by atoms with van der Waals surface area (Å²) in [5, 5.41) is 0. The highest BCUT2D eigenvalue weighted by molar-refractivity contribution is 7.91. The van der Waals surface area contributed by atoms with E-state index in [0.29, 0.717) is 0 Å². The van der Waals surface area contributed by atoms with Gasteiger partial charge in [0.25, 0.3) is 10.2 Å². The van der Waals surface area contributed by atoms with Gasteiger partial charge >= 0.3 is 5.97 Å². The summed E-state index contributed by atoms with van der Waals surface area (Å²) in [6, 6.07) is 0. The molecule has 0 bridgehead atoms. The minimum absolute atomic E-state index is 0.0348. The lowest BCUT2D eigenvalue weighted by Gasteiger charge is -2.16. The Morgan fingerprint density at radius 1 is 1.26 bits per heavy atom. The monoisotopic (exact) mass is 316 g/mol. The molecule has 0 saturated carbocycles. The lowest BCUT2D eigenvalue weighted by atomic mass is 10.4. The summed E-state index contributed by atoms with van der Waals surface area (Å²) in [5.74, 6) is -0.809. The zero-order valence-electron chi connectivity index (χ0n) is 11.2. The first-order valence-corrected chi connectivity index (χ1v) is 8.89. The van der Waals surface area contributed by atoms with Crippen molar-refractivity contribution in [1.29, 1.82) is 0 Å². The number of nitrogens with zero attached hydrogens (tertiary/aromatic N) is 1. The molecule has 114 valence electrons. The highest BCUT2D eigenvalue weighted by atomic mass is 32.2. The molecule has 0 aliphatic heterocycles. The first kappa shape index (κ1) is 18.3. The van der Waals surface area contributed by atoms with Crippen LogP contribution in [0.15, 0.2) is 0 Å². The Morgan fingerprint density at radius 2 is 1.84 bits per heavy atom. The second-order valence-electron chi connectivity index (χ2n) is 3.78. The van der Waals surface area contributed by atoms with Crippen LogP contribution in [0.5, 0.6) is 0 Å². The minimum Gasteiger partial charge on any atom is -0.469 e. The summed E-state index contributed by atoms with van der Waals surface area (Å²) in [4.78, 5) is 10.9. The van der Waals surface area contributed by atoms with Gasteiger partial charge in [0, 0.05) is 25.9 Å². The molecule has 0 radical (unpaired) electrons. The van der Waals surface area contributed by atoms with Crippen LogP contribution in [-0.4, -0.2) is 65.9 Å². The van der Waals surface area contributed by atoms with Gasteiger partial charge in [-0.1, -0.05) is 6.92 Å². The Kier molecular flexibility index (Phi) is 7.49. The molecule has 0 amide bonds. The number of sulfone groups is 1. The molecule has 0 unspecified atom stereocenters. The number of hydrogen-bond acceptors (Lipinski definition) is 6. The second kappa shape index (κ2) is 7.78. The van der Waals surface area contributed by atoms with Crippen LogP contribution in [0, 0.1) is 0 Å². The molecule has 0 saturated heterocycles. The summed E-state index contributed by atoms with van der Waals surface area (Å²) >= 11 is 0. The SMILES string of the molecule is CCS(=O)(=O)CCNS(=O)(=O)N(C)CCC(=O)OC. The smallest absolute Gasteiger partial charge is 0.306 e. The van der Waals surface area contributed by atoms with Crippen molar-refractivity contribution >= 4 is 26.0 Å². The molecule has 1 N–H and O–H groups in total. The van der Waals surface area contributed by atoms with Crippen LogP contribution in [-0.2, 0) is 29.6 Å². The summed E-state index contributed by atoms with van der Waals surface area (Å²) in [5.41, 5.74) is 0. The molecule has 0 aromatic carbocycles. The van der Waals surface area contributed by atoms with Gasteiger partial charge in [-0.2, -0.15) is 12.7 Å². The van der Waals surface area contributed by atoms with Gasteiger partial charge in [-0.25, -0.2) is 13.1 Å². The van der Waals surface area contributed by atoms with Gasteiger partial charge in [-0.3, -0.25) is 4.79 Å². The molecule has 0 atom stereocenters. The van der Waals surface area contributed by atoms with Crippen molar-refractivity contribution in [3.8, 4) is 0 Å². The molecule has 0 heterocycles. The second-order valence-corrected chi connectivity index (χ2v) is 8.12. The van der Waals surface area contributed by atoms with Crippen LogP contribution in [0.1, 0.15) is 13.3 Å². The van der Waals surface area contributed by atoms with Gasteiger partial charge < -0.3 is 4.74 Å². The summed E-state index contributed by atoms with van der Waals surface area (Å²) in [6.07, 6.45) is -0.0683. The average molecular weight is 316 g/mol. The topological polar surface area (TPSA) is 110 Å². The predicted molar refractivity (Wildman–Crippen MR) is 70.5 cm³/mol. The molecule has 8 nitrogen and oxygen atoms in total. The number of carbonyl (C=O) groups excluding carboxylic acids is 1. The third-order valence-electron chi connectivity index (χ3n) is 2.41. The fourth-order valence-electron chi connectivity index (χ4n) is 1.05. The third-order valence-corrected chi connectivity index (χ3v) is 5.68. The van der Waals surface area contributed by atoms with Crippen molar-refractivity contribution in [1.82, 2.24) is 9.03 Å². The highest BCUT2D eigenvalue weighted by Crippen LogP contribution is 1.97. The van der Waals surface area contributed by atoms with Crippen LogP contribution in [0.25, 0.3) is 0 Å². The van der Waals surface area contributed by atoms with Crippen LogP contribution < -0.4 is 4.72 Å². The van der Waals surface area contributed by atoms with Gasteiger partial charge in [0.05, 0.1) is 19.3 Å². The van der Waals surface area contributed by atoms with E-state index in [-0.39, 0.29) is 31.0 Å². The van der Waals surface area contributed by atoms with Crippen LogP contribution >= 0.6 is 0 Å². The maximum atomic E-state index is 11.7. The number of nitrogens with one attached hydrogen (secondary N) is 1. The Labute approximate surface area is 114 Å². The molecule has 0 rings (SSSR count). The number of esters is 1. The standard InChI is InChI=1S/C9H20N2O6S2/c1-4-18(13,14)8-6-10-19(15,16)11(2)7-5-9(12)17-3/h10H,4-8H2,1-3H3. The maximum absolute atomic E-state index is 11.7. The van der Waals surface area contributed by atoms with E-state index >= 15 is 0 Å². The van der Waals surface area contributed by atoms with E-state index in [1.165, 1.54) is 21.1 Å². The third kappa shape index (κ3) is 7.45. The molecule has 0 aromatic rings. The van der Waals surface area contributed by atoms with Crippen LogP contribution in [0.3, 0.4) is 0 Å². The van der Waals surface area contributed by atoms with Gasteiger partial charge in [0.15, 0.2) is 9.84 Å². The van der Waals surface area contributed by atoms with Gasteiger partial charge in [-0.15, -0.1) is 0 Å². The Balaban J connectivity index is 4.28. The minimum atomic E-state index is -3.78. The van der Waals surface area contributed by atoms with Crippen molar-refractivity contribution in [2.24, 2.45) is 0 Å². The largest absolute Gasteiger partial charge is 0.469 e. The molecule has 0 aliphatic carbocycles. The molecule has 0 aromatic heterocycles. The van der Waals surface area contributed by atoms with Crippen molar-refractivity contribution in [2.75, 3.05) is 38.8 Å². The Hall–Kier alpha value is -0.710. The van der Waals surface area contributed by atoms with Gasteiger partial charge in [0.2, 0.25) is 0 Å². The molecule has 0 fully saturated rings. The lowest BCUT2D eigenvalue weighted by molar-refractivity contribution is -0.140. The van der Waals surface area contributed by atoms with E-state index < -0.39 is 26.0 Å². The maximum Gasteiger partial charge on any atom is 0.306 e. The van der Waals surface area contributed by atoms with E-state index in [1.807, 2.05) is 0 Å².